The second-order valence-corrected chi connectivity index (χ2v) is 2.97. The van der Waals surface area contributed by atoms with E-state index in [0.717, 1.165) is 19.3 Å². The molecule has 0 amide bonds. The van der Waals surface area contributed by atoms with Crippen LogP contribution in [0.3, 0.4) is 0 Å². The fourth-order valence-corrected chi connectivity index (χ4v) is 1.16. The van der Waals surface area contributed by atoms with Gasteiger partial charge in [-0.2, -0.15) is 0 Å². The van der Waals surface area contributed by atoms with Crippen LogP contribution in [0.25, 0.3) is 0 Å². The molecule has 68 valence electrons. The Morgan fingerprint density at radius 2 is 1.45 bits per heavy atom. The summed E-state index contributed by atoms with van der Waals surface area (Å²) in [6.07, 6.45) is 3.30. The first-order valence-corrected chi connectivity index (χ1v) is 4.65. The third kappa shape index (κ3) is 4.38. The summed E-state index contributed by atoms with van der Waals surface area (Å²) in [7, 11) is 0. The van der Waals surface area contributed by atoms with Crippen LogP contribution in [0.2, 0.25) is 0 Å². The van der Waals surface area contributed by atoms with E-state index in [4.69, 9.17) is 5.11 Å². The van der Waals surface area contributed by atoms with Gasteiger partial charge in [-0.15, -0.1) is 0 Å². The van der Waals surface area contributed by atoms with Crippen molar-refractivity contribution in [2.24, 2.45) is 0 Å². The predicted molar refractivity (Wildman–Crippen MR) is 48.7 cm³/mol. The van der Waals surface area contributed by atoms with Gasteiger partial charge in [0.05, 0.1) is 6.61 Å². The Morgan fingerprint density at radius 1 is 1.00 bits per heavy atom. The number of hydrogen-bond donors (Lipinski definition) is 2. The minimum absolute atomic E-state index is 0.257. The van der Waals surface area contributed by atoms with Crippen molar-refractivity contribution >= 4 is 0 Å². The van der Waals surface area contributed by atoms with Crippen molar-refractivity contribution in [1.82, 2.24) is 5.32 Å². The maximum Gasteiger partial charge on any atom is 0.0584 e. The molecule has 11 heavy (non-hydrogen) atoms. The number of aliphatic hydroxyl groups is 1. The molecular formula is C9H21NO. The zero-order chi connectivity index (χ0) is 8.69. The molecule has 0 radical (unpaired) electrons. The lowest BCUT2D eigenvalue weighted by molar-refractivity contribution is 0.225. The average Bonchev–Trinajstić information content (AvgIpc) is 2.07. The summed E-state index contributed by atoms with van der Waals surface area (Å²) in [5, 5.41) is 12.3. The van der Waals surface area contributed by atoms with Gasteiger partial charge in [-0.25, -0.2) is 0 Å². The van der Waals surface area contributed by atoms with Crippen LogP contribution in [0.5, 0.6) is 0 Å². The van der Waals surface area contributed by atoms with Gasteiger partial charge in [-0.1, -0.05) is 20.8 Å². The summed E-state index contributed by atoms with van der Waals surface area (Å²) in [5.41, 5.74) is 0. The SMILES string of the molecule is CCC(CC)N[C@H](CC)CO. The fraction of sp³-hybridized carbons (Fsp3) is 1.00. The van der Waals surface area contributed by atoms with Gasteiger partial charge in [0.15, 0.2) is 0 Å². The fourth-order valence-electron chi connectivity index (χ4n) is 1.16. The molecule has 0 aliphatic heterocycles. The molecule has 0 aliphatic carbocycles. The van der Waals surface area contributed by atoms with Crippen molar-refractivity contribution in [1.29, 1.82) is 0 Å². The number of hydrogen-bond acceptors (Lipinski definition) is 2. The third-order valence-corrected chi connectivity index (χ3v) is 2.17. The van der Waals surface area contributed by atoms with Gasteiger partial charge in [0, 0.05) is 12.1 Å². The van der Waals surface area contributed by atoms with Crippen molar-refractivity contribution in [3.63, 3.8) is 0 Å². The highest BCUT2D eigenvalue weighted by molar-refractivity contribution is 4.70. The van der Waals surface area contributed by atoms with Gasteiger partial charge in [0.1, 0.15) is 0 Å². The molecule has 0 aromatic rings. The molecule has 0 bridgehead atoms. The van der Waals surface area contributed by atoms with Gasteiger partial charge >= 0.3 is 0 Å². The Labute approximate surface area is 70.0 Å². The quantitative estimate of drug-likeness (QED) is 0.616. The Balaban J connectivity index is 3.58. The molecule has 0 aromatic heterocycles. The van der Waals surface area contributed by atoms with Crippen molar-refractivity contribution < 1.29 is 5.11 Å². The zero-order valence-electron chi connectivity index (χ0n) is 7.93. The molecule has 0 fully saturated rings. The van der Waals surface area contributed by atoms with Crippen molar-refractivity contribution in [3.8, 4) is 0 Å². The summed E-state index contributed by atoms with van der Waals surface area (Å²) >= 11 is 0. The highest BCUT2D eigenvalue weighted by Crippen LogP contribution is 1.99. The third-order valence-electron chi connectivity index (χ3n) is 2.17. The first-order valence-electron chi connectivity index (χ1n) is 4.65. The minimum atomic E-state index is 0.257. The molecule has 1 atom stereocenters. The second-order valence-electron chi connectivity index (χ2n) is 2.97. The van der Waals surface area contributed by atoms with Gasteiger partial charge in [-0.05, 0) is 19.3 Å². The van der Waals surface area contributed by atoms with Gasteiger partial charge < -0.3 is 10.4 Å². The second kappa shape index (κ2) is 6.62. The van der Waals surface area contributed by atoms with Gasteiger partial charge in [0.25, 0.3) is 0 Å². The lowest BCUT2D eigenvalue weighted by Crippen LogP contribution is -2.39. The van der Waals surface area contributed by atoms with Crippen LogP contribution >= 0.6 is 0 Å². The number of rotatable bonds is 6. The first-order chi connectivity index (χ1) is 5.28. The summed E-state index contributed by atoms with van der Waals surface area (Å²) in [4.78, 5) is 0. The molecule has 0 spiro atoms. The van der Waals surface area contributed by atoms with E-state index in [0.29, 0.717) is 12.1 Å². The average molecular weight is 159 g/mol. The molecule has 0 aromatic carbocycles. The molecule has 2 N–H and O–H groups in total. The highest BCUT2D eigenvalue weighted by Gasteiger charge is 2.08. The number of aliphatic hydroxyl groups excluding tert-OH is 1. The van der Waals surface area contributed by atoms with Crippen molar-refractivity contribution in [2.75, 3.05) is 6.61 Å². The van der Waals surface area contributed by atoms with E-state index in [2.05, 4.69) is 26.1 Å². The van der Waals surface area contributed by atoms with Gasteiger partial charge in [-0.3, -0.25) is 0 Å². The van der Waals surface area contributed by atoms with E-state index in [1.807, 2.05) is 0 Å². The molecule has 0 saturated carbocycles. The minimum Gasteiger partial charge on any atom is -0.395 e. The Hall–Kier alpha value is -0.0800. The standard InChI is InChI=1S/C9H21NO/c1-4-8(5-2)10-9(6-3)7-11/h8-11H,4-7H2,1-3H3/t9-/m1/s1. The normalized spacial score (nSPS) is 13.9. The van der Waals surface area contributed by atoms with Crippen LogP contribution < -0.4 is 5.32 Å². The maximum absolute atomic E-state index is 8.90. The summed E-state index contributed by atoms with van der Waals surface area (Å²) in [6, 6.07) is 0.868. The maximum atomic E-state index is 8.90. The Bertz CT molecular complexity index is 67.6. The molecule has 0 aliphatic rings. The predicted octanol–water partition coefficient (Wildman–Crippen LogP) is 1.54. The summed E-state index contributed by atoms with van der Waals surface area (Å²) in [5.74, 6) is 0. The topological polar surface area (TPSA) is 32.3 Å². The van der Waals surface area contributed by atoms with E-state index in [9.17, 15) is 0 Å². The van der Waals surface area contributed by atoms with Gasteiger partial charge in [0.2, 0.25) is 0 Å². The van der Waals surface area contributed by atoms with Crippen molar-refractivity contribution in [2.45, 2.75) is 52.1 Å². The smallest absolute Gasteiger partial charge is 0.0584 e. The molecule has 2 nitrogen and oxygen atoms in total. The Kier molecular flexibility index (Phi) is 6.57. The monoisotopic (exact) mass is 159 g/mol. The van der Waals surface area contributed by atoms with Crippen LogP contribution in [0, 0.1) is 0 Å². The molecule has 2 heteroatoms. The van der Waals surface area contributed by atoms with E-state index in [1.165, 1.54) is 0 Å². The summed E-state index contributed by atoms with van der Waals surface area (Å²) < 4.78 is 0. The van der Waals surface area contributed by atoms with Crippen LogP contribution in [-0.2, 0) is 0 Å². The van der Waals surface area contributed by atoms with E-state index in [1.54, 1.807) is 0 Å². The lowest BCUT2D eigenvalue weighted by atomic mass is 10.1. The summed E-state index contributed by atoms with van der Waals surface area (Å²) in [6.45, 7) is 6.69. The van der Waals surface area contributed by atoms with E-state index < -0.39 is 0 Å². The highest BCUT2D eigenvalue weighted by atomic mass is 16.3. The molecule has 0 unspecified atom stereocenters. The van der Waals surface area contributed by atoms with Crippen LogP contribution in [-0.4, -0.2) is 23.8 Å². The van der Waals surface area contributed by atoms with Crippen LogP contribution in [0.4, 0.5) is 0 Å². The molecule has 0 rings (SSSR count). The zero-order valence-corrected chi connectivity index (χ0v) is 7.93. The first kappa shape index (κ1) is 10.9. The molecule has 0 saturated heterocycles. The largest absolute Gasteiger partial charge is 0.395 e. The van der Waals surface area contributed by atoms with Crippen molar-refractivity contribution in [3.05, 3.63) is 0 Å². The van der Waals surface area contributed by atoms with E-state index in [-0.39, 0.29) is 6.61 Å². The lowest BCUT2D eigenvalue weighted by Gasteiger charge is -2.21. The number of nitrogens with one attached hydrogen (secondary N) is 1. The van der Waals surface area contributed by atoms with E-state index >= 15 is 0 Å². The molecular weight excluding hydrogens is 138 g/mol. The Morgan fingerprint density at radius 3 is 1.73 bits per heavy atom. The molecule has 0 heterocycles. The van der Waals surface area contributed by atoms with Crippen LogP contribution in [0.1, 0.15) is 40.0 Å². The van der Waals surface area contributed by atoms with Crippen LogP contribution in [0.15, 0.2) is 0 Å².